The van der Waals surface area contributed by atoms with Crippen LogP contribution in [0, 0.1) is 6.92 Å². The van der Waals surface area contributed by atoms with Crippen molar-refractivity contribution in [2.24, 2.45) is 0 Å². The third-order valence-electron chi connectivity index (χ3n) is 3.16. The molecule has 0 fully saturated rings. The van der Waals surface area contributed by atoms with Gasteiger partial charge in [0.15, 0.2) is 11.5 Å². The molecular weight excluding hydrogens is 376 g/mol. The summed E-state index contributed by atoms with van der Waals surface area (Å²) in [4.78, 5) is 13.3. The van der Waals surface area contributed by atoms with E-state index in [1.807, 2.05) is 13.0 Å². The van der Waals surface area contributed by atoms with Gasteiger partial charge in [-0.2, -0.15) is 0 Å². The largest absolute Gasteiger partial charge is 0.490 e. The third kappa shape index (κ3) is 2.96. The Kier molecular flexibility index (Phi) is 4.24. The number of carbonyl (C=O) groups is 1. The lowest BCUT2D eigenvalue weighted by Crippen LogP contribution is -2.02. The fourth-order valence-electron chi connectivity index (χ4n) is 2.06. The molecule has 0 radical (unpaired) electrons. The molecule has 0 spiro atoms. The van der Waals surface area contributed by atoms with Gasteiger partial charge in [-0.25, -0.2) is 0 Å². The quantitative estimate of drug-likeness (QED) is 0.690. The van der Waals surface area contributed by atoms with Crippen molar-refractivity contribution < 1.29 is 14.3 Å². The molecule has 2 heterocycles. The minimum absolute atomic E-state index is 0.102. The van der Waals surface area contributed by atoms with E-state index in [4.69, 9.17) is 21.1 Å². The molecule has 21 heavy (non-hydrogen) atoms. The van der Waals surface area contributed by atoms with E-state index in [1.54, 1.807) is 12.1 Å². The van der Waals surface area contributed by atoms with E-state index >= 15 is 0 Å². The molecule has 1 aliphatic rings. The fraction of sp³-hybridized carbons (Fsp3) is 0.267. The molecule has 3 rings (SSSR count). The first-order valence-electron chi connectivity index (χ1n) is 6.46. The number of thiophene rings is 1. The van der Waals surface area contributed by atoms with E-state index in [0.29, 0.717) is 40.2 Å². The summed E-state index contributed by atoms with van der Waals surface area (Å²) in [5.41, 5.74) is 1.48. The van der Waals surface area contributed by atoms with Crippen molar-refractivity contribution in [3.8, 4) is 11.5 Å². The molecule has 110 valence electrons. The molecule has 0 amide bonds. The van der Waals surface area contributed by atoms with Gasteiger partial charge in [-0.15, -0.1) is 11.3 Å². The van der Waals surface area contributed by atoms with Gasteiger partial charge in [0.25, 0.3) is 0 Å². The summed E-state index contributed by atoms with van der Waals surface area (Å²) in [5.74, 6) is 1.07. The highest BCUT2D eigenvalue weighted by atomic mass is 79.9. The molecule has 1 aromatic carbocycles. The average molecular weight is 388 g/mol. The molecule has 0 bridgehead atoms. The van der Waals surface area contributed by atoms with Crippen LogP contribution in [0.4, 0.5) is 0 Å². The molecule has 3 nitrogen and oxygen atoms in total. The highest BCUT2D eigenvalue weighted by molar-refractivity contribution is 9.11. The van der Waals surface area contributed by atoms with Gasteiger partial charge < -0.3 is 9.47 Å². The normalized spacial score (nSPS) is 13.9. The Morgan fingerprint density at radius 2 is 1.90 bits per heavy atom. The SMILES string of the molecule is Cc1cc(C(=O)c2cc3c(cc2Cl)OCCCO3)sc1Br. The molecule has 0 atom stereocenters. The molecule has 1 aromatic heterocycles. The molecule has 0 saturated heterocycles. The summed E-state index contributed by atoms with van der Waals surface area (Å²) >= 11 is 11.1. The molecule has 0 aliphatic carbocycles. The Morgan fingerprint density at radius 1 is 1.24 bits per heavy atom. The minimum atomic E-state index is -0.102. The van der Waals surface area contributed by atoms with Crippen LogP contribution in [0.5, 0.6) is 11.5 Å². The van der Waals surface area contributed by atoms with Gasteiger partial charge in [0, 0.05) is 18.1 Å². The van der Waals surface area contributed by atoms with Gasteiger partial charge in [-0.05, 0) is 40.5 Å². The zero-order valence-electron chi connectivity index (χ0n) is 11.2. The molecule has 0 N–H and O–H groups in total. The van der Waals surface area contributed by atoms with Gasteiger partial charge in [0.05, 0.1) is 26.9 Å². The standard InChI is InChI=1S/C15H12BrClO3S/c1-8-5-13(21-15(8)16)14(18)9-6-11-12(7-10(9)17)20-4-2-3-19-11/h5-7H,2-4H2,1H3. The summed E-state index contributed by atoms with van der Waals surface area (Å²) < 4.78 is 12.1. The van der Waals surface area contributed by atoms with Gasteiger partial charge in [-0.1, -0.05) is 11.6 Å². The van der Waals surface area contributed by atoms with Gasteiger partial charge in [-0.3, -0.25) is 4.79 Å². The average Bonchev–Trinajstić information content (AvgIpc) is 2.66. The second kappa shape index (κ2) is 5.99. The van der Waals surface area contributed by atoms with Crippen LogP contribution >= 0.6 is 38.9 Å². The number of ether oxygens (including phenoxy) is 2. The van der Waals surface area contributed by atoms with Crippen molar-refractivity contribution in [2.45, 2.75) is 13.3 Å². The number of aryl methyl sites for hydroxylation is 1. The summed E-state index contributed by atoms with van der Waals surface area (Å²) in [5, 5.41) is 0.381. The maximum absolute atomic E-state index is 12.6. The lowest BCUT2D eigenvalue weighted by molar-refractivity contribution is 0.104. The third-order valence-corrected chi connectivity index (χ3v) is 5.61. The van der Waals surface area contributed by atoms with Gasteiger partial charge >= 0.3 is 0 Å². The van der Waals surface area contributed by atoms with Crippen LogP contribution in [0.2, 0.25) is 5.02 Å². The number of fused-ring (bicyclic) bond motifs is 1. The van der Waals surface area contributed by atoms with Crippen molar-refractivity contribution in [2.75, 3.05) is 13.2 Å². The highest BCUT2D eigenvalue weighted by Crippen LogP contribution is 2.37. The molecule has 1 aliphatic heterocycles. The van der Waals surface area contributed by atoms with E-state index in [1.165, 1.54) is 11.3 Å². The summed E-state index contributed by atoms with van der Waals surface area (Å²) in [6.45, 7) is 3.12. The van der Waals surface area contributed by atoms with Crippen LogP contribution in [0.3, 0.4) is 0 Å². The second-order valence-electron chi connectivity index (χ2n) is 4.73. The molecule has 6 heteroatoms. The van der Waals surface area contributed by atoms with Gasteiger partial charge in [0.1, 0.15) is 0 Å². The number of carbonyl (C=O) groups excluding carboxylic acids is 1. The van der Waals surface area contributed by atoms with E-state index in [2.05, 4.69) is 15.9 Å². The Morgan fingerprint density at radius 3 is 2.52 bits per heavy atom. The zero-order valence-corrected chi connectivity index (χ0v) is 14.4. The lowest BCUT2D eigenvalue weighted by atomic mass is 10.1. The number of hydrogen-bond acceptors (Lipinski definition) is 4. The van der Waals surface area contributed by atoms with Gasteiger partial charge in [0.2, 0.25) is 5.78 Å². The maximum Gasteiger partial charge on any atom is 0.204 e. The predicted molar refractivity (Wildman–Crippen MR) is 87.2 cm³/mol. The van der Waals surface area contributed by atoms with Crippen LogP contribution < -0.4 is 9.47 Å². The first-order chi connectivity index (χ1) is 10.1. The van der Waals surface area contributed by atoms with Crippen molar-refractivity contribution >= 4 is 44.7 Å². The van der Waals surface area contributed by atoms with Crippen molar-refractivity contribution in [1.82, 2.24) is 0 Å². The monoisotopic (exact) mass is 386 g/mol. The first-order valence-corrected chi connectivity index (χ1v) is 8.45. The number of rotatable bonds is 2. The van der Waals surface area contributed by atoms with Crippen molar-refractivity contribution in [3.63, 3.8) is 0 Å². The maximum atomic E-state index is 12.6. The number of benzene rings is 1. The fourth-order valence-corrected chi connectivity index (χ4v) is 3.79. The first kappa shape index (κ1) is 14.9. The summed E-state index contributed by atoms with van der Waals surface area (Å²) in [7, 11) is 0. The number of halogens is 2. The second-order valence-corrected chi connectivity index (χ2v) is 7.50. The van der Waals surface area contributed by atoms with Crippen LogP contribution in [0.25, 0.3) is 0 Å². The van der Waals surface area contributed by atoms with E-state index in [-0.39, 0.29) is 5.78 Å². The lowest BCUT2D eigenvalue weighted by Gasteiger charge is -2.10. The zero-order chi connectivity index (χ0) is 15.0. The summed E-state index contributed by atoms with van der Waals surface area (Å²) in [6.07, 6.45) is 0.812. The van der Waals surface area contributed by atoms with Crippen LogP contribution in [0.15, 0.2) is 22.0 Å². The molecule has 0 saturated carbocycles. The van der Waals surface area contributed by atoms with Crippen LogP contribution in [-0.4, -0.2) is 19.0 Å². The smallest absolute Gasteiger partial charge is 0.204 e. The van der Waals surface area contributed by atoms with Crippen molar-refractivity contribution in [1.29, 1.82) is 0 Å². The number of hydrogen-bond donors (Lipinski definition) is 0. The van der Waals surface area contributed by atoms with Crippen LogP contribution in [0.1, 0.15) is 27.2 Å². The Hall–Kier alpha value is -1.04. The van der Waals surface area contributed by atoms with Crippen molar-refractivity contribution in [3.05, 3.63) is 43.0 Å². The molecule has 2 aromatic rings. The topological polar surface area (TPSA) is 35.5 Å². The Labute approximate surface area is 140 Å². The Balaban J connectivity index is 2.02. The number of ketones is 1. The van der Waals surface area contributed by atoms with E-state index in [9.17, 15) is 4.79 Å². The van der Waals surface area contributed by atoms with E-state index in [0.717, 1.165) is 15.8 Å². The Bertz CT molecular complexity index is 692. The van der Waals surface area contributed by atoms with E-state index < -0.39 is 0 Å². The van der Waals surface area contributed by atoms with Crippen LogP contribution in [-0.2, 0) is 0 Å². The summed E-state index contributed by atoms with van der Waals surface area (Å²) in [6, 6.07) is 5.19. The molecule has 0 unspecified atom stereocenters. The minimum Gasteiger partial charge on any atom is -0.490 e. The predicted octanol–water partition coefficient (Wildman–Crippen LogP) is 4.86. The molecular formula is C15H12BrClO3S. The highest BCUT2D eigenvalue weighted by Gasteiger charge is 2.21.